The normalized spacial score (nSPS) is 14.6. The molecule has 2 aromatic carbocycles. The van der Waals surface area contributed by atoms with Crippen molar-refractivity contribution in [2.24, 2.45) is 0 Å². The van der Waals surface area contributed by atoms with Gasteiger partial charge in [0.2, 0.25) is 10.0 Å². The van der Waals surface area contributed by atoms with Gasteiger partial charge in [-0.15, -0.1) is 0 Å². The van der Waals surface area contributed by atoms with Crippen LogP contribution in [0.3, 0.4) is 0 Å². The fraction of sp³-hybridized carbons (Fsp3) is 0.227. The summed E-state index contributed by atoms with van der Waals surface area (Å²) < 4.78 is 53.5. The van der Waals surface area contributed by atoms with E-state index in [2.05, 4.69) is 19.5 Å². The third kappa shape index (κ3) is 5.18. The monoisotopic (exact) mass is 444 g/mol. The van der Waals surface area contributed by atoms with Gasteiger partial charge in [-0.3, -0.25) is 0 Å². The molecule has 3 aromatic rings. The van der Waals surface area contributed by atoms with Crippen molar-refractivity contribution < 1.29 is 17.2 Å². The first-order valence-electron chi connectivity index (χ1n) is 9.86. The Hall–Kier alpha value is -3.04. The first kappa shape index (κ1) is 21.2. The molecular weight excluding hydrogens is 422 g/mol. The number of rotatable bonds is 6. The molecule has 1 aliphatic heterocycles. The summed E-state index contributed by atoms with van der Waals surface area (Å²) in [5, 5.41) is 0. The van der Waals surface area contributed by atoms with Gasteiger partial charge in [0.15, 0.2) is 0 Å². The number of anilines is 2. The van der Waals surface area contributed by atoms with Gasteiger partial charge in [-0.2, -0.15) is 0 Å². The van der Waals surface area contributed by atoms with E-state index in [4.69, 9.17) is 0 Å². The summed E-state index contributed by atoms with van der Waals surface area (Å²) in [6, 6.07) is 14.8. The Balaban J connectivity index is 1.37. The van der Waals surface area contributed by atoms with Gasteiger partial charge < -0.3 is 9.80 Å². The number of hydrogen-bond acceptors (Lipinski definition) is 5. The molecule has 0 saturated carbocycles. The molecule has 0 atom stereocenters. The number of halogens is 2. The summed E-state index contributed by atoms with van der Waals surface area (Å²) in [5.41, 5.74) is 1.76. The van der Waals surface area contributed by atoms with E-state index in [0.29, 0.717) is 0 Å². The Morgan fingerprint density at radius 1 is 0.839 bits per heavy atom. The number of nitrogens with one attached hydrogen (secondary N) is 1. The van der Waals surface area contributed by atoms with E-state index in [1.165, 1.54) is 24.3 Å². The Morgan fingerprint density at radius 3 is 2.06 bits per heavy atom. The summed E-state index contributed by atoms with van der Waals surface area (Å²) >= 11 is 0. The highest BCUT2D eigenvalue weighted by molar-refractivity contribution is 7.89. The Bertz CT molecular complexity index is 1130. The maximum Gasteiger partial charge on any atom is 0.240 e. The van der Waals surface area contributed by atoms with Crippen LogP contribution in [0.1, 0.15) is 5.56 Å². The van der Waals surface area contributed by atoms with Gasteiger partial charge in [0.25, 0.3) is 0 Å². The zero-order chi connectivity index (χ0) is 21.8. The lowest BCUT2D eigenvalue weighted by Gasteiger charge is -2.36. The van der Waals surface area contributed by atoms with Crippen LogP contribution in [-0.4, -0.2) is 39.6 Å². The average molecular weight is 445 g/mol. The van der Waals surface area contributed by atoms with Gasteiger partial charge in [0.05, 0.1) is 4.90 Å². The largest absolute Gasteiger partial charge is 0.368 e. The molecule has 1 fully saturated rings. The van der Waals surface area contributed by atoms with E-state index in [9.17, 15) is 17.2 Å². The van der Waals surface area contributed by atoms with Crippen molar-refractivity contribution in [3.63, 3.8) is 0 Å². The molecular formula is C22H22F2N4O2S. The molecule has 0 spiro atoms. The van der Waals surface area contributed by atoms with Crippen LogP contribution in [0, 0.1) is 11.6 Å². The molecule has 31 heavy (non-hydrogen) atoms. The quantitative estimate of drug-likeness (QED) is 0.633. The third-order valence-electron chi connectivity index (χ3n) is 5.20. The predicted molar refractivity (Wildman–Crippen MR) is 115 cm³/mol. The minimum Gasteiger partial charge on any atom is -0.368 e. The number of aromatic nitrogens is 1. The summed E-state index contributed by atoms with van der Waals surface area (Å²) in [5.74, 6) is 0.0351. The minimum atomic E-state index is -3.74. The molecule has 0 aliphatic carbocycles. The zero-order valence-corrected chi connectivity index (χ0v) is 17.5. The van der Waals surface area contributed by atoms with Crippen molar-refractivity contribution in [3.8, 4) is 0 Å². The molecule has 4 rings (SSSR count). The van der Waals surface area contributed by atoms with Crippen LogP contribution in [0.5, 0.6) is 0 Å². The first-order chi connectivity index (χ1) is 14.9. The fourth-order valence-corrected chi connectivity index (χ4v) is 4.48. The number of nitrogens with zero attached hydrogens (tertiary/aromatic N) is 3. The molecule has 2 heterocycles. The van der Waals surface area contributed by atoms with Gasteiger partial charge in [-0.1, -0.05) is 0 Å². The van der Waals surface area contributed by atoms with Crippen LogP contribution in [0.15, 0.2) is 71.8 Å². The maximum absolute atomic E-state index is 13.1. The van der Waals surface area contributed by atoms with Crippen molar-refractivity contribution in [2.45, 2.75) is 11.4 Å². The first-order valence-corrected chi connectivity index (χ1v) is 11.3. The highest BCUT2D eigenvalue weighted by atomic mass is 32.2. The van der Waals surface area contributed by atoms with Crippen molar-refractivity contribution in [2.75, 3.05) is 36.0 Å². The molecule has 9 heteroatoms. The molecule has 6 nitrogen and oxygen atoms in total. The van der Waals surface area contributed by atoms with E-state index in [1.807, 2.05) is 6.07 Å². The van der Waals surface area contributed by atoms with Gasteiger partial charge in [-0.05, 0) is 66.2 Å². The molecule has 0 radical (unpaired) electrons. The number of pyridine rings is 1. The van der Waals surface area contributed by atoms with Gasteiger partial charge in [0.1, 0.15) is 17.5 Å². The van der Waals surface area contributed by atoms with E-state index < -0.39 is 15.8 Å². The summed E-state index contributed by atoms with van der Waals surface area (Å²) in [7, 11) is -3.74. The van der Waals surface area contributed by atoms with E-state index in [1.54, 1.807) is 24.4 Å². The minimum absolute atomic E-state index is 0.0140. The van der Waals surface area contributed by atoms with Gasteiger partial charge in [0, 0.05) is 44.6 Å². The lowest BCUT2D eigenvalue weighted by atomic mass is 10.2. The molecule has 0 bridgehead atoms. The van der Waals surface area contributed by atoms with E-state index >= 15 is 0 Å². The Labute approximate surface area is 180 Å². The number of sulfonamides is 1. The van der Waals surface area contributed by atoms with Crippen LogP contribution in [0.2, 0.25) is 0 Å². The molecule has 1 saturated heterocycles. The standard InChI is InChI=1S/C22H22F2N4O2S/c23-18-1-5-20(6-2-18)27-11-13-28(14-12-27)22-15-17(9-10-25-22)16-26-31(29,30)21-7-3-19(24)4-8-21/h1-10,15,26H,11-14,16H2. The highest BCUT2D eigenvalue weighted by Crippen LogP contribution is 2.20. The molecule has 1 N–H and O–H groups in total. The zero-order valence-electron chi connectivity index (χ0n) is 16.7. The molecule has 1 aliphatic rings. The molecule has 0 unspecified atom stereocenters. The second-order valence-electron chi connectivity index (χ2n) is 7.25. The Morgan fingerprint density at radius 2 is 1.42 bits per heavy atom. The SMILES string of the molecule is O=S(=O)(NCc1ccnc(N2CCN(c3ccc(F)cc3)CC2)c1)c1ccc(F)cc1. The van der Waals surface area contributed by atoms with Crippen molar-refractivity contribution in [3.05, 3.63) is 84.1 Å². The van der Waals surface area contributed by atoms with Crippen LogP contribution in [-0.2, 0) is 16.6 Å². The summed E-state index contributed by atoms with van der Waals surface area (Å²) in [4.78, 5) is 8.77. The van der Waals surface area contributed by atoms with Crippen molar-refractivity contribution in [1.29, 1.82) is 0 Å². The third-order valence-corrected chi connectivity index (χ3v) is 6.61. The number of hydrogen-bond donors (Lipinski definition) is 1. The second-order valence-corrected chi connectivity index (χ2v) is 9.02. The summed E-state index contributed by atoms with van der Waals surface area (Å²) in [6.07, 6.45) is 1.66. The van der Waals surface area contributed by atoms with E-state index in [-0.39, 0.29) is 17.3 Å². The molecule has 0 amide bonds. The smallest absolute Gasteiger partial charge is 0.240 e. The van der Waals surface area contributed by atoms with Gasteiger partial charge >= 0.3 is 0 Å². The topological polar surface area (TPSA) is 65.5 Å². The van der Waals surface area contributed by atoms with Crippen LogP contribution in [0.25, 0.3) is 0 Å². The molecule has 1 aromatic heterocycles. The number of piperazine rings is 1. The van der Waals surface area contributed by atoms with Gasteiger partial charge in [-0.25, -0.2) is 26.9 Å². The lowest BCUT2D eigenvalue weighted by Crippen LogP contribution is -2.46. The number of benzene rings is 2. The lowest BCUT2D eigenvalue weighted by molar-refractivity contribution is 0.580. The fourth-order valence-electron chi connectivity index (χ4n) is 3.46. The van der Waals surface area contributed by atoms with Crippen LogP contribution >= 0.6 is 0 Å². The van der Waals surface area contributed by atoms with Crippen LogP contribution in [0.4, 0.5) is 20.3 Å². The molecule has 162 valence electrons. The maximum atomic E-state index is 13.1. The van der Waals surface area contributed by atoms with Crippen molar-refractivity contribution in [1.82, 2.24) is 9.71 Å². The average Bonchev–Trinajstić information content (AvgIpc) is 2.79. The van der Waals surface area contributed by atoms with Crippen LogP contribution < -0.4 is 14.5 Å². The highest BCUT2D eigenvalue weighted by Gasteiger charge is 2.19. The summed E-state index contributed by atoms with van der Waals surface area (Å²) in [6.45, 7) is 3.14. The second kappa shape index (κ2) is 8.99. The van der Waals surface area contributed by atoms with E-state index in [0.717, 1.165) is 55.4 Å². The Kier molecular flexibility index (Phi) is 6.15. The van der Waals surface area contributed by atoms with Crippen molar-refractivity contribution >= 4 is 21.5 Å². The predicted octanol–water partition coefficient (Wildman–Crippen LogP) is 3.16.